The molecule has 0 radical (unpaired) electrons. The van der Waals surface area contributed by atoms with Gasteiger partial charge in [-0.1, -0.05) is 19.3 Å². The molecule has 0 bridgehead atoms. The van der Waals surface area contributed by atoms with Gasteiger partial charge < -0.3 is 14.8 Å². The normalized spacial score (nSPS) is 19.1. The van der Waals surface area contributed by atoms with E-state index in [-0.39, 0.29) is 11.7 Å². The largest absolute Gasteiger partial charge is 0.361 e. The molecular weight excluding hydrogens is 439 g/mol. The quantitative estimate of drug-likeness (QED) is 0.461. The monoisotopic (exact) mass is 472 g/mol. The summed E-state index contributed by atoms with van der Waals surface area (Å²) in [7, 11) is 0. The number of hydrogen-bond acceptors (Lipinski definition) is 3. The predicted octanol–water partition coefficient (Wildman–Crippen LogP) is 5.97. The Labute approximate surface area is 206 Å². The van der Waals surface area contributed by atoms with Crippen LogP contribution in [0.4, 0.5) is 10.1 Å². The van der Waals surface area contributed by atoms with Crippen molar-refractivity contribution in [3.05, 3.63) is 65.6 Å². The van der Waals surface area contributed by atoms with Gasteiger partial charge >= 0.3 is 0 Å². The van der Waals surface area contributed by atoms with Crippen molar-refractivity contribution in [2.24, 2.45) is 5.92 Å². The van der Waals surface area contributed by atoms with Crippen LogP contribution in [-0.4, -0.2) is 42.0 Å². The van der Waals surface area contributed by atoms with Crippen molar-refractivity contribution in [2.75, 3.05) is 31.1 Å². The van der Waals surface area contributed by atoms with Gasteiger partial charge in [0, 0.05) is 48.8 Å². The van der Waals surface area contributed by atoms with Crippen molar-refractivity contribution < 1.29 is 9.18 Å². The van der Waals surface area contributed by atoms with Crippen molar-refractivity contribution in [3.63, 3.8) is 0 Å². The second-order valence-corrected chi connectivity index (χ2v) is 10.1. The standard InChI is InChI=1S/C29H33FN4O/c30-24-7-9-25(10-8-24)34(29(35)17-21-4-2-1-3-5-21)15-14-33-13-12-23(20-33)27-19-32-28-11-6-22(18-31)16-26(27)28/h6-11,16,19,21,23,32H,1-5,12-15,17,20H2. The zero-order valence-corrected chi connectivity index (χ0v) is 20.2. The number of amides is 1. The Morgan fingerprint density at radius 3 is 2.69 bits per heavy atom. The zero-order chi connectivity index (χ0) is 24.2. The van der Waals surface area contributed by atoms with Crippen molar-refractivity contribution in [1.82, 2.24) is 9.88 Å². The van der Waals surface area contributed by atoms with Gasteiger partial charge in [-0.25, -0.2) is 4.39 Å². The molecule has 5 nitrogen and oxygen atoms in total. The molecule has 1 amide bonds. The molecule has 1 N–H and O–H groups in total. The number of carbonyl (C=O) groups excluding carboxylic acids is 1. The first kappa shape index (κ1) is 23.6. The number of H-pyrrole nitrogens is 1. The van der Waals surface area contributed by atoms with Gasteiger partial charge in [-0.15, -0.1) is 0 Å². The SMILES string of the molecule is N#Cc1ccc2[nH]cc(C3CCN(CCN(C(=O)CC4CCCCC4)c4ccc(F)cc4)C3)c2c1. The lowest BCUT2D eigenvalue weighted by atomic mass is 9.86. The maximum atomic E-state index is 13.6. The third-order valence-corrected chi connectivity index (χ3v) is 7.82. The van der Waals surface area contributed by atoms with E-state index in [9.17, 15) is 14.4 Å². The lowest BCUT2D eigenvalue weighted by Crippen LogP contribution is -2.39. The van der Waals surface area contributed by atoms with E-state index in [4.69, 9.17) is 0 Å². The fourth-order valence-corrected chi connectivity index (χ4v) is 5.85. The van der Waals surface area contributed by atoms with E-state index in [0.29, 0.717) is 30.4 Å². The van der Waals surface area contributed by atoms with Crippen LogP contribution in [0.1, 0.15) is 62.0 Å². The minimum absolute atomic E-state index is 0.153. The average molecular weight is 473 g/mol. The molecule has 5 rings (SSSR count). The first-order chi connectivity index (χ1) is 17.1. The van der Waals surface area contributed by atoms with Gasteiger partial charge in [0.15, 0.2) is 0 Å². The number of nitrogens with zero attached hydrogens (tertiary/aromatic N) is 3. The summed E-state index contributed by atoms with van der Waals surface area (Å²) in [4.78, 5) is 21.0. The number of carbonyl (C=O) groups is 1. The van der Waals surface area contributed by atoms with E-state index in [2.05, 4.69) is 22.1 Å². The Bertz CT molecular complexity index is 1210. The van der Waals surface area contributed by atoms with Crippen molar-refractivity contribution in [2.45, 2.75) is 50.9 Å². The summed E-state index contributed by atoms with van der Waals surface area (Å²) in [5.41, 5.74) is 3.79. The Hall–Kier alpha value is -3.17. The van der Waals surface area contributed by atoms with Crippen LogP contribution in [0.3, 0.4) is 0 Å². The molecule has 2 aliphatic rings. The Morgan fingerprint density at radius 1 is 1.11 bits per heavy atom. The van der Waals surface area contributed by atoms with Gasteiger partial charge in [-0.05, 0) is 85.7 Å². The van der Waals surface area contributed by atoms with Crippen LogP contribution < -0.4 is 4.90 Å². The first-order valence-electron chi connectivity index (χ1n) is 12.9. The number of halogens is 1. The Balaban J connectivity index is 1.25. The van der Waals surface area contributed by atoms with E-state index in [1.165, 1.54) is 37.0 Å². The number of fused-ring (bicyclic) bond motifs is 1. The fraction of sp³-hybridized carbons (Fsp3) is 0.448. The lowest BCUT2D eigenvalue weighted by Gasteiger charge is -2.28. The molecule has 1 saturated heterocycles. The zero-order valence-electron chi connectivity index (χ0n) is 20.2. The third-order valence-electron chi connectivity index (χ3n) is 7.82. The number of likely N-dealkylation sites (tertiary alicyclic amines) is 1. The number of anilines is 1. The van der Waals surface area contributed by atoms with Gasteiger partial charge in [-0.3, -0.25) is 4.79 Å². The van der Waals surface area contributed by atoms with Crippen molar-refractivity contribution >= 4 is 22.5 Å². The van der Waals surface area contributed by atoms with Gasteiger partial charge in [0.05, 0.1) is 11.6 Å². The molecule has 182 valence electrons. The van der Waals surface area contributed by atoms with Crippen LogP contribution in [0.25, 0.3) is 10.9 Å². The molecule has 6 heteroatoms. The maximum absolute atomic E-state index is 13.6. The van der Waals surface area contributed by atoms with E-state index in [1.54, 1.807) is 12.1 Å². The molecule has 1 aliphatic carbocycles. The molecule has 2 heterocycles. The van der Waals surface area contributed by atoms with Crippen LogP contribution in [0, 0.1) is 23.1 Å². The van der Waals surface area contributed by atoms with Gasteiger partial charge in [-0.2, -0.15) is 5.26 Å². The van der Waals surface area contributed by atoms with E-state index in [1.807, 2.05) is 23.1 Å². The highest BCUT2D eigenvalue weighted by molar-refractivity contribution is 5.93. The molecule has 1 unspecified atom stereocenters. The number of aromatic amines is 1. The summed E-state index contributed by atoms with van der Waals surface area (Å²) < 4.78 is 13.6. The minimum atomic E-state index is -0.283. The van der Waals surface area contributed by atoms with E-state index in [0.717, 1.165) is 55.5 Å². The second kappa shape index (κ2) is 10.6. The molecule has 35 heavy (non-hydrogen) atoms. The number of hydrogen-bond donors (Lipinski definition) is 1. The smallest absolute Gasteiger partial charge is 0.227 e. The van der Waals surface area contributed by atoms with Crippen molar-refractivity contribution in [3.8, 4) is 6.07 Å². The maximum Gasteiger partial charge on any atom is 0.227 e. The molecule has 1 atom stereocenters. The summed E-state index contributed by atoms with van der Waals surface area (Å²) in [6.07, 6.45) is 9.69. The summed E-state index contributed by atoms with van der Waals surface area (Å²) in [6, 6.07) is 14.4. The summed E-state index contributed by atoms with van der Waals surface area (Å²) >= 11 is 0. The average Bonchev–Trinajstić information content (AvgIpc) is 3.52. The lowest BCUT2D eigenvalue weighted by molar-refractivity contribution is -0.119. The highest BCUT2D eigenvalue weighted by Crippen LogP contribution is 2.33. The number of nitriles is 1. The molecule has 3 aromatic rings. The van der Waals surface area contributed by atoms with Gasteiger partial charge in [0.1, 0.15) is 5.82 Å². The van der Waals surface area contributed by atoms with Crippen LogP contribution in [0.15, 0.2) is 48.7 Å². The van der Waals surface area contributed by atoms with E-state index < -0.39 is 0 Å². The van der Waals surface area contributed by atoms with E-state index >= 15 is 0 Å². The van der Waals surface area contributed by atoms with Gasteiger partial charge in [0.2, 0.25) is 5.91 Å². The minimum Gasteiger partial charge on any atom is -0.361 e. The first-order valence-corrected chi connectivity index (χ1v) is 12.9. The predicted molar refractivity (Wildman–Crippen MR) is 137 cm³/mol. The highest BCUT2D eigenvalue weighted by atomic mass is 19.1. The number of aromatic nitrogens is 1. The summed E-state index contributed by atoms with van der Waals surface area (Å²) in [6.45, 7) is 3.30. The molecular formula is C29H33FN4O. The second-order valence-electron chi connectivity index (χ2n) is 10.1. The fourth-order valence-electron chi connectivity index (χ4n) is 5.85. The molecule has 1 saturated carbocycles. The number of benzene rings is 2. The molecule has 1 aromatic heterocycles. The topological polar surface area (TPSA) is 63.1 Å². The molecule has 2 aromatic carbocycles. The highest BCUT2D eigenvalue weighted by Gasteiger charge is 2.28. The van der Waals surface area contributed by atoms with Crippen LogP contribution in [0.2, 0.25) is 0 Å². The Morgan fingerprint density at radius 2 is 1.91 bits per heavy atom. The van der Waals surface area contributed by atoms with Crippen LogP contribution in [-0.2, 0) is 4.79 Å². The molecule has 1 aliphatic heterocycles. The number of nitrogens with one attached hydrogen (secondary N) is 1. The Kier molecular flexibility index (Phi) is 7.15. The molecule has 2 fully saturated rings. The van der Waals surface area contributed by atoms with Crippen molar-refractivity contribution in [1.29, 1.82) is 5.26 Å². The molecule has 0 spiro atoms. The van der Waals surface area contributed by atoms with Crippen LogP contribution >= 0.6 is 0 Å². The van der Waals surface area contributed by atoms with Gasteiger partial charge in [0.25, 0.3) is 0 Å². The summed E-state index contributed by atoms with van der Waals surface area (Å²) in [5, 5.41) is 10.4. The van der Waals surface area contributed by atoms with Crippen LogP contribution in [0.5, 0.6) is 0 Å². The third kappa shape index (κ3) is 5.41. The summed E-state index contributed by atoms with van der Waals surface area (Å²) in [5.74, 6) is 0.736. The number of rotatable bonds is 7.